The van der Waals surface area contributed by atoms with E-state index in [1.807, 2.05) is 0 Å². The number of alkyl halides is 6. The van der Waals surface area contributed by atoms with Gasteiger partial charge in [0.15, 0.2) is 5.82 Å². The second kappa shape index (κ2) is 7.65. The van der Waals surface area contributed by atoms with E-state index in [-0.39, 0.29) is 6.07 Å². The van der Waals surface area contributed by atoms with Crippen LogP contribution in [0.4, 0.5) is 31.1 Å². The number of hydrogen-bond donors (Lipinski definition) is 1. The maximum absolute atomic E-state index is 13.0. The highest BCUT2D eigenvalue weighted by Gasteiger charge is 2.40. The largest absolute Gasteiger partial charge is 0.480 e. The number of imide groups is 1. The molecule has 1 saturated heterocycles. The summed E-state index contributed by atoms with van der Waals surface area (Å²) in [5.41, 5.74) is -4.17. The Morgan fingerprint density at radius 2 is 1.62 bits per heavy atom. The summed E-state index contributed by atoms with van der Waals surface area (Å²) < 4.78 is 79.0. The highest BCUT2D eigenvalue weighted by Crippen LogP contribution is 2.38. The lowest BCUT2D eigenvalue weighted by molar-refractivity contribution is -0.143. The van der Waals surface area contributed by atoms with E-state index in [9.17, 15) is 40.7 Å². The summed E-state index contributed by atoms with van der Waals surface area (Å²) >= 11 is 0. The van der Waals surface area contributed by atoms with Gasteiger partial charge < -0.3 is 5.11 Å². The summed E-state index contributed by atoms with van der Waals surface area (Å²) in [6.07, 6.45) is -8.40. The minimum Gasteiger partial charge on any atom is -0.480 e. The highest BCUT2D eigenvalue weighted by molar-refractivity contribution is 6.13. The number of rotatable bonds is 4. The Hall–Kier alpha value is -3.91. The molecule has 3 rings (SSSR count). The molecule has 32 heavy (non-hydrogen) atoms. The number of carbonyl (C=O) groups is 3. The Bertz CT molecular complexity index is 1100. The van der Waals surface area contributed by atoms with Crippen LogP contribution in [0.1, 0.15) is 11.1 Å². The van der Waals surface area contributed by atoms with Gasteiger partial charge >= 0.3 is 24.4 Å². The molecular weight excluding hydrogens is 452 g/mol. The van der Waals surface area contributed by atoms with Crippen LogP contribution in [-0.2, 0) is 21.9 Å². The molecule has 1 aliphatic heterocycles. The van der Waals surface area contributed by atoms with Crippen molar-refractivity contribution in [2.24, 2.45) is 0 Å². The fraction of sp³-hybridized carbons (Fsp3) is 0.235. The van der Waals surface area contributed by atoms with Crippen LogP contribution < -0.4 is 0 Å². The van der Waals surface area contributed by atoms with Crippen LogP contribution in [0.15, 0.2) is 30.2 Å². The zero-order valence-corrected chi connectivity index (χ0v) is 15.8. The van der Waals surface area contributed by atoms with Crippen molar-refractivity contribution in [3.63, 3.8) is 0 Å². The quantitative estimate of drug-likeness (QED) is 0.425. The Balaban J connectivity index is 2.04. The molecular formula is C17H11F6N5O4. The van der Waals surface area contributed by atoms with Gasteiger partial charge in [-0.2, -0.15) is 26.3 Å². The van der Waals surface area contributed by atoms with Crippen molar-refractivity contribution in [2.75, 3.05) is 13.6 Å². The van der Waals surface area contributed by atoms with Gasteiger partial charge in [-0.3, -0.25) is 19.4 Å². The third-order valence-electron chi connectivity index (χ3n) is 4.23. The number of likely N-dealkylation sites (N-methyl/N-ethyl adjacent to an activating group) is 1. The monoisotopic (exact) mass is 463 g/mol. The number of aliphatic carboxylic acids is 1. The molecule has 2 heterocycles. The smallest absolute Gasteiger partial charge is 0.416 e. The van der Waals surface area contributed by atoms with E-state index in [1.54, 1.807) is 0 Å². The van der Waals surface area contributed by atoms with Crippen molar-refractivity contribution in [1.82, 2.24) is 24.6 Å². The molecule has 0 saturated carbocycles. The summed E-state index contributed by atoms with van der Waals surface area (Å²) in [4.78, 5) is 40.0. The highest BCUT2D eigenvalue weighted by atomic mass is 19.4. The van der Waals surface area contributed by atoms with Crippen LogP contribution in [0.3, 0.4) is 0 Å². The van der Waals surface area contributed by atoms with E-state index in [0.29, 0.717) is 21.9 Å². The van der Waals surface area contributed by atoms with Crippen molar-refractivity contribution >= 4 is 24.1 Å². The molecule has 1 aromatic heterocycles. The molecule has 1 fully saturated rings. The third kappa shape index (κ3) is 4.40. The fourth-order valence-electron chi connectivity index (χ4n) is 2.75. The van der Waals surface area contributed by atoms with Crippen molar-refractivity contribution < 1.29 is 45.8 Å². The van der Waals surface area contributed by atoms with E-state index < -0.39 is 65.0 Å². The molecule has 2 aromatic rings. The van der Waals surface area contributed by atoms with Gasteiger partial charge in [0.05, 0.1) is 17.3 Å². The summed E-state index contributed by atoms with van der Waals surface area (Å²) in [6.45, 7) is -0.870. The van der Waals surface area contributed by atoms with Crippen LogP contribution in [0.2, 0.25) is 0 Å². The number of carboxylic acids is 1. The van der Waals surface area contributed by atoms with Crippen molar-refractivity contribution in [2.45, 2.75) is 12.4 Å². The number of carboxylic acid groups (broad SMARTS) is 1. The van der Waals surface area contributed by atoms with E-state index >= 15 is 0 Å². The number of benzene rings is 1. The lowest BCUT2D eigenvalue weighted by Gasteiger charge is -2.13. The van der Waals surface area contributed by atoms with Crippen LogP contribution in [0.25, 0.3) is 17.6 Å². The van der Waals surface area contributed by atoms with Gasteiger partial charge in [-0.1, -0.05) is 0 Å². The van der Waals surface area contributed by atoms with Gasteiger partial charge in [-0.05, 0) is 18.2 Å². The van der Waals surface area contributed by atoms with E-state index in [4.69, 9.17) is 5.11 Å². The first kappa shape index (κ1) is 22.8. The van der Waals surface area contributed by atoms with Crippen LogP contribution in [0, 0.1) is 0 Å². The molecule has 0 bridgehead atoms. The number of halogens is 6. The minimum atomic E-state index is -5.07. The average molecular weight is 463 g/mol. The van der Waals surface area contributed by atoms with Crippen LogP contribution in [0.5, 0.6) is 0 Å². The molecule has 0 radical (unpaired) electrons. The standard InChI is InChI=1S/C17H11F6N5O4/c1-26-14(31)11(28(15(26)32)6-12(29)30)5-27-7-24-13(25-27)8-2-9(16(18,19)20)4-10(3-8)17(21,22)23/h2-5,7H,6H2,1H3,(H,29,30)/b11-5-. The van der Waals surface area contributed by atoms with Gasteiger partial charge in [-0.15, -0.1) is 5.10 Å². The van der Waals surface area contributed by atoms with Gasteiger partial charge in [0.1, 0.15) is 18.6 Å². The zero-order chi connectivity index (χ0) is 24.0. The van der Waals surface area contributed by atoms with Gasteiger partial charge in [-0.25, -0.2) is 14.5 Å². The Morgan fingerprint density at radius 3 is 2.12 bits per heavy atom. The molecule has 170 valence electrons. The Morgan fingerprint density at radius 1 is 1.06 bits per heavy atom. The summed E-state index contributed by atoms with van der Waals surface area (Å²) in [5, 5.41) is 12.6. The summed E-state index contributed by atoms with van der Waals surface area (Å²) in [6, 6.07) is -0.143. The van der Waals surface area contributed by atoms with Gasteiger partial charge in [0, 0.05) is 12.6 Å². The molecule has 3 amide bonds. The van der Waals surface area contributed by atoms with Gasteiger partial charge in [0.2, 0.25) is 0 Å². The predicted octanol–water partition coefficient (Wildman–Crippen LogP) is 2.76. The zero-order valence-electron chi connectivity index (χ0n) is 15.8. The number of hydrogen-bond acceptors (Lipinski definition) is 5. The maximum atomic E-state index is 13.0. The molecule has 9 nitrogen and oxygen atoms in total. The van der Waals surface area contributed by atoms with E-state index in [2.05, 4.69) is 10.1 Å². The number of urea groups is 1. The molecule has 0 spiro atoms. The number of carbonyl (C=O) groups excluding carboxylic acids is 2. The lowest BCUT2D eigenvalue weighted by atomic mass is 10.0. The van der Waals surface area contributed by atoms with E-state index in [0.717, 1.165) is 24.3 Å². The van der Waals surface area contributed by atoms with Crippen LogP contribution in [-0.4, -0.2) is 61.2 Å². The minimum absolute atomic E-state index is 0.0507. The number of amides is 3. The second-order valence-corrected chi connectivity index (χ2v) is 6.48. The van der Waals surface area contributed by atoms with Crippen molar-refractivity contribution in [1.29, 1.82) is 0 Å². The number of nitrogens with zero attached hydrogens (tertiary/aromatic N) is 5. The van der Waals surface area contributed by atoms with Gasteiger partial charge in [0.25, 0.3) is 5.91 Å². The molecule has 1 N–H and O–H groups in total. The lowest BCUT2D eigenvalue weighted by Crippen LogP contribution is -2.33. The van der Waals surface area contributed by atoms with Crippen molar-refractivity contribution in [3.05, 3.63) is 41.4 Å². The molecule has 15 heteroatoms. The maximum Gasteiger partial charge on any atom is 0.416 e. The SMILES string of the molecule is CN1C(=O)/C(=C/n2cnc(-c3cc(C(F)(F)F)cc(C(F)(F)F)c3)n2)N(CC(=O)O)C1=O. The third-order valence-corrected chi connectivity index (χ3v) is 4.23. The number of aromatic nitrogens is 3. The Kier molecular flexibility index (Phi) is 5.44. The first-order valence-corrected chi connectivity index (χ1v) is 8.42. The molecule has 1 aliphatic rings. The van der Waals surface area contributed by atoms with Crippen molar-refractivity contribution in [3.8, 4) is 11.4 Å². The molecule has 1 aromatic carbocycles. The average Bonchev–Trinajstić information content (AvgIpc) is 3.22. The summed E-state index contributed by atoms with van der Waals surface area (Å²) in [7, 11) is 1.09. The second-order valence-electron chi connectivity index (χ2n) is 6.48. The molecule has 0 atom stereocenters. The first-order valence-electron chi connectivity index (χ1n) is 8.42. The topological polar surface area (TPSA) is 109 Å². The molecule has 0 unspecified atom stereocenters. The normalized spacial score (nSPS) is 16.4. The summed E-state index contributed by atoms with van der Waals surface area (Å²) in [5.74, 6) is -2.87. The fourth-order valence-corrected chi connectivity index (χ4v) is 2.75. The Labute approximate surface area is 174 Å². The van der Waals surface area contributed by atoms with E-state index in [1.165, 1.54) is 0 Å². The molecule has 0 aliphatic carbocycles. The van der Waals surface area contributed by atoms with Crippen LogP contribution >= 0.6 is 0 Å². The first-order chi connectivity index (χ1) is 14.7. The predicted molar refractivity (Wildman–Crippen MR) is 92.2 cm³/mol.